The summed E-state index contributed by atoms with van der Waals surface area (Å²) in [5.41, 5.74) is 0. The van der Waals surface area contributed by atoms with Crippen molar-refractivity contribution in [3.05, 3.63) is 0 Å². The Kier molecular flexibility index (Phi) is 3.17. The van der Waals surface area contributed by atoms with Gasteiger partial charge in [-0.3, -0.25) is 0 Å². The predicted molar refractivity (Wildman–Crippen MR) is 53.9 cm³/mol. The van der Waals surface area contributed by atoms with Gasteiger partial charge in [0.2, 0.25) is 0 Å². The minimum absolute atomic E-state index is 0.148. The molecule has 0 saturated heterocycles. The van der Waals surface area contributed by atoms with Gasteiger partial charge in [0.25, 0.3) is 0 Å². The van der Waals surface area contributed by atoms with Crippen LogP contribution in [0.4, 0.5) is 19.2 Å². The fraction of sp³-hybridized carbons (Fsp3) is 0.500. The number of amides is 8. The highest BCUT2D eigenvalue weighted by Gasteiger charge is 2.28. The average Bonchev–Trinajstić information content (AvgIpc) is 2.82. The monoisotopic (exact) mass is 252 g/mol. The standard InChI is InChI=1S/C8H8N6O4/c15-5-9-10-6(16)13(5)3-1-2-4-14-7(17)11-12-8(14)18/h1-4H2. The van der Waals surface area contributed by atoms with Gasteiger partial charge in [-0.15, -0.1) is 0 Å². The van der Waals surface area contributed by atoms with Crippen molar-refractivity contribution in [2.75, 3.05) is 13.1 Å². The third-order valence-corrected chi connectivity index (χ3v) is 2.38. The van der Waals surface area contributed by atoms with Crippen LogP contribution in [0.2, 0.25) is 0 Å². The van der Waals surface area contributed by atoms with E-state index >= 15 is 0 Å². The van der Waals surface area contributed by atoms with Gasteiger partial charge in [0.15, 0.2) is 0 Å². The van der Waals surface area contributed by atoms with Crippen molar-refractivity contribution in [2.45, 2.75) is 12.8 Å². The Labute approximate surface area is 100 Å². The summed E-state index contributed by atoms with van der Waals surface area (Å²) in [6.07, 6.45) is 0.860. The summed E-state index contributed by atoms with van der Waals surface area (Å²) in [5.74, 6) is 0. The van der Waals surface area contributed by atoms with Crippen LogP contribution in [0, 0.1) is 0 Å². The first-order valence-corrected chi connectivity index (χ1v) is 5.14. The summed E-state index contributed by atoms with van der Waals surface area (Å²) < 4.78 is 0. The summed E-state index contributed by atoms with van der Waals surface area (Å²) in [5, 5.41) is 12.4. The van der Waals surface area contributed by atoms with Gasteiger partial charge in [-0.2, -0.15) is 0 Å². The van der Waals surface area contributed by atoms with E-state index < -0.39 is 24.1 Å². The molecule has 0 spiro atoms. The fourth-order valence-electron chi connectivity index (χ4n) is 1.47. The molecule has 2 aliphatic rings. The minimum Gasteiger partial charge on any atom is -0.244 e. The number of urea groups is 4. The molecule has 2 aliphatic heterocycles. The van der Waals surface area contributed by atoms with Crippen molar-refractivity contribution < 1.29 is 19.2 Å². The number of unbranched alkanes of at least 4 members (excludes halogenated alkanes) is 1. The van der Waals surface area contributed by atoms with Gasteiger partial charge in [-0.25, -0.2) is 29.0 Å². The molecule has 0 atom stereocenters. The van der Waals surface area contributed by atoms with E-state index in [0.29, 0.717) is 12.8 Å². The lowest BCUT2D eigenvalue weighted by Gasteiger charge is -2.12. The Hall–Kier alpha value is -2.52. The molecule has 10 nitrogen and oxygen atoms in total. The third-order valence-electron chi connectivity index (χ3n) is 2.38. The van der Waals surface area contributed by atoms with Gasteiger partial charge in [-0.1, -0.05) is 20.5 Å². The number of hydrogen-bond donors (Lipinski definition) is 0. The van der Waals surface area contributed by atoms with Crippen molar-refractivity contribution in [2.24, 2.45) is 20.5 Å². The Balaban J connectivity index is 1.71. The van der Waals surface area contributed by atoms with E-state index in [-0.39, 0.29) is 13.1 Å². The van der Waals surface area contributed by atoms with E-state index in [1.807, 2.05) is 0 Å². The van der Waals surface area contributed by atoms with Gasteiger partial charge >= 0.3 is 24.1 Å². The molecule has 0 N–H and O–H groups in total. The summed E-state index contributed by atoms with van der Waals surface area (Å²) in [7, 11) is 0. The molecule has 94 valence electrons. The summed E-state index contributed by atoms with van der Waals surface area (Å²) in [6, 6.07) is -2.78. The largest absolute Gasteiger partial charge is 0.370 e. The van der Waals surface area contributed by atoms with E-state index in [2.05, 4.69) is 20.5 Å². The maximum Gasteiger partial charge on any atom is 0.370 e. The number of imide groups is 2. The highest BCUT2D eigenvalue weighted by Crippen LogP contribution is 2.11. The average molecular weight is 252 g/mol. The Morgan fingerprint density at radius 1 is 0.611 bits per heavy atom. The first-order valence-electron chi connectivity index (χ1n) is 5.14. The molecule has 0 aromatic rings. The zero-order valence-corrected chi connectivity index (χ0v) is 9.14. The van der Waals surface area contributed by atoms with Crippen LogP contribution in [0.1, 0.15) is 12.8 Å². The van der Waals surface area contributed by atoms with E-state index in [1.165, 1.54) is 0 Å². The first kappa shape index (κ1) is 12.0. The topological polar surface area (TPSA) is 124 Å². The maximum absolute atomic E-state index is 11.0. The molecule has 0 fully saturated rings. The number of azo groups is 2. The molecule has 0 unspecified atom stereocenters. The van der Waals surface area contributed by atoms with Crippen LogP contribution in [-0.4, -0.2) is 47.0 Å². The molecule has 2 heterocycles. The Bertz CT molecular complexity index is 404. The molecule has 18 heavy (non-hydrogen) atoms. The second-order valence-electron chi connectivity index (χ2n) is 3.54. The molecule has 0 bridgehead atoms. The first-order chi connectivity index (χ1) is 8.59. The lowest BCUT2D eigenvalue weighted by Crippen LogP contribution is -2.31. The Morgan fingerprint density at radius 2 is 0.889 bits per heavy atom. The smallest absolute Gasteiger partial charge is 0.244 e. The van der Waals surface area contributed by atoms with E-state index in [1.54, 1.807) is 0 Å². The number of rotatable bonds is 5. The van der Waals surface area contributed by atoms with Crippen LogP contribution in [0.3, 0.4) is 0 Å². The van der Waals surface area contributed by atoms with Crippen LogP contribution in [-0.2, 0) is 0 Å². The van der Waals surface area contributed by atoms with Crippen molar-refractivity contribution in [1.29, 1.82) is 0 Å². The molecule has 10 heteroatoms. The molecule has 8 amide bonds. The van der Waals surface area contributed by atoms with Gasteiger partial charge in [0, 0.05) is 13.1 Å². The van der Waals surface area contributed by atoms with Crippen molar-refractivity contribution in [1.82, 2.24) is 9.80 Å². The SMILES string of the molecule is O=C1N=NC(=O)N1CCCCN1C(=O)N=NC1=O. The molecule has 0 radical (unpaired) electrons. The zero-order chi connectivity index (χ0) is 13.1. The number of carbonyl (C=O) groups is 4. The van der Waals surface area contributed by atoms with Gasteiger partial charge in [-0.05, 0) is 12.8 Å². The van der Waals surface area contributed by atoms with E-state index in [9.17, 15) is 19.2 Å². The summed E-state index contributed by atoms with van der Waals surface area (Å²) >= 11 is 0. The lowest BCUT2D eigenvalue weighted by molar-refractivity contribution is 0.198. The second-order valence-corrected chi connectivity index (χ2v) is 3.54. The van der Waals surface area contributed by atoms with Gasteiger partial charge in [0.1, 0.15) is 0 Å². The molecule has 0 aromatic carbocycles. The maximum atomic E-state index is 11.0. The predicted octanol–water partition coefficient (Wildman–Crippen LogP) is 1.78. The minimum atomic E-state index is -0.696. The molecular formula is C8H8N6O4. The molecule has 0 saturated carbocycles. The highest BCUT2D eigenvalue weighted by atomic mass is 16.2. The summed E-state index contributed by atoms with van der Waals surface area (Å²) in [6.45, 7) is 0.296. The van der Waals surface area contributed by atoms with Crippen molar-refractivity contribution in [3.63, 3.8) is 0 Å². The van der Waals surface area contributed by atoms with Crippen molar-refractivity contribution >= 4 is 24.1 Å². The summed E-state index contributed by atoms with van der Waals surface area (Å²) in [4.78, 5) is 45.9. The van der Waals surface area contributed by atoms with E-state index in [0.717, 1.165) is 9.80 Å². The molecule has 0 aliphatic carbocycles. The van der Waals surface area contributed by atoms with Crippen LogP contribution in [0.25, 0.3) is 0 Å². The zero-order valence-electron chi connectivity index (χ0n) is 9.14. The molecule has 2 rings (SSSR count). The van der Waals surface area contributed by atoms with Gasteiger partial charge < -0.3 is 0 Å². The number of carbonyl (C=O) groups excluding carboxylic acids is 4. The van der Waals surface area contributed by atoms with E-state index in [4.69, 9.17) is 0 Å². The normalized spacial score (nSPS) is 18.7. The fourth-order valence-corrected chi connectivity index (χ4v) is 1.47. The quantitative estimate of drug-likeness (QED) is 0.691. The highest BCUT2D eigenvalue weighted by molar-refractivity contribution is 5.99. The number of nitrogens with zero attached hydrogens (tertiary/aromatic N) is 6. The third kappa shape index (κ3) is 2.26. The molecule has 0 aromatic heterocycles. The van der Waals surface area contributed by atoms with Crippen LogP contribution < -0.4 is 0 Å². The lowest BCUT2D eigenvalue weighted by atomic mass is 10.3. The van der Waals surface area contributed by atoms with Crippen LogP contribution in [0.5, 0.6) is 0 Å². The molecular weight excluding hydrogens is 244 g/mol. The van der Waals surface area contributed by atoms with Gasteiger partial charge in [0.05, 0.1) is 0 Å². The second kappa shape index (κ2) is 4.77. The Morgan fingerprint density at radius 3 is 1.17 bits per heavy atom. The van der Waals surface area contributed by atoms with Crippen molar-refractivity contribution in [3.8, 4) is 0 Å². The van der Waals surface area contributed by atoms with Crippen LogP contribution >= 0.6 is 0 Å². The number of hydrogen-bond acceptors (Lipinski definition) is 4. The van der Waals surface area contributed by atoms with Crippen LogP contribution in [0.15, 0.2) is 20.5 Å².